The second-order valence-corrected chi connectivity index (χ2v) is 5.73. The highest BCUT2D eigenvalue weighted by Crippen LogP contribution is 2.21. The summed E-state index contributed by atoms with van der Waals surface area (Å²) in [6.45, 7) is 4.79. The van der Waals surface area contributed by atoms with Gasteiger partial charge in [-0.15, -0.1) is 0 Å². The van der Waals surface area contributed by atoms with Crippen molar-refractivity contribution in [3.05, 3.63) is 52.5 Å². The molecule has 2 aromatic rings. The number of hydrogen-bond acceptors (Lipinski definition) is 2. The molecule has 0 fully saturated rings. The summed E-state index contributed by atoms with van der Waals surface area (Å²) >= 11 is 3.41. The van der Waals surface area contributed by atoms with Crippen LogP contribution in [0.1, 0.15) is 31.1 Å². The predicted molar refractivity (Wildman–Crippen MR) is 75.3 cm³/mol. The van der Waals surface area contributed by atoms with Crippen LogP contribution in [-0.2, 0) is 6.54 Å². The average molecular weight is 309 g/mol. The first-order chi connectivity index (χ1) is 8.56. The maximum absolute atomic E-state index is 9.99. The summed E-state index contributed by atoms with van der Waals surface area (Å²) in [5.74, 6) is 0.230. The first-order valence-electron chi connectivity index (χ1n) is 5.99. The molecule has 0 spiro atoms. The maximum atomic E-state index is 9.99. The topological polar surface area (TPSA) is 38.0 Å². The van der Waals surface area contributed by atoms with Crippen molar-refractivity contribution in [1.82, 2.24) is 9.55 Å². The molecule has 0 bridgehead atoms. The summed E-state index contributed by atoms with van der Waals surface area (Å²) < 4.78 is 3.04. The molecule has 3 nitrogen and oxygen atoms in total. The van der Waals surface area contributed by atoms with Crippen molar-refractivity contribution >= 4 is 15.9 Å². The lowest BCUT2D eigenvalue weighted by Crippen LogP contribution is -2.04. The molecule has 2 heterocycles. The quantitative estimate of drug-likeness (QED) is 0.940. The van der Waals surface area contributed by atoms with Gasteiger partial charge in [-0.05, 0) is 45.1 Å². The average Bonchev–Trinajstić information content (AvgIpc) is 2.76. The number of rotatable bonds is 4. The van der Waals surface area contributed by atoms with E-state index < -0.39 is 6.10 Å². The number of aliphatic hydroxyl groups is 1. The van der Waals surface area contributed by atoms with Gasteiger partial charge >= 0.3 is 0 Å². The van der Waals surface area contributed by atoms with Gasteiger partial charge in [0.25, 0.3) is 0 Å². The second kappa shape index (κ2) is 5.67. The number of nitrogens with zero attached hydrogens (tertiary/aromatic N) is 2. The van der Waals surface area contributed by atoms with E-state index in [1.165, 1.54) is 0 Å². The molecular formula is C14H17BrN2O. The highest BCUT2D eigenvalue weighted by Gasteiger charge is 2.12. The van der Waals surface area contributed by atoms with Crippen LogP contribution in [0.5, 0.6) is 0 Å². The lowest BCUT2D eigenvalue weighted by molar-refractivity contribution is 0.127. The van der Waals surface area contributed by atoms with Gasteiger partial charge in [-0.2, -0.15) is 0 Å². The Morgan fingerprint density at radius 2 is 2.17 bits per heavy atom. The number of hydrogen-bond donors (Lipinski definition) is 1. The van der Waals surface area contributed by atoms with E-state index in [9.17, 15) is 5.11 Å². The molecule has 0 aliphatic rings. The van der Waals surface area contributed by atoms with Crippen molar-refractivity contribution < 1.29 is 5.11 Å². The molecule has 2 rings (SSSR count). The maximum Gasteiger partial charge on any atom is 0.0827 e. The fraction of sp³-hybridized carbons (Fsp3) is 0.357. The van der Waals surface area contributed by atoms with Crippen molar-refractivity contribution in [3.63, 3.8) is 0 Å². The molecular weight excluding hydrogens is 292 g/mol. The van der Waals surface area contributed by atoms with Gasteiger partial charge in [-0.1, -0.05) is 13.8 Å². The Morgan fingerprint density at radius 1 is 1.39 bits per heavy atom. The van der Waals surface area contributed by atoms with Gasteiger partial charge in [0.2, 0.25) is 0 Å². The molecule has 96 valence electrons. The molecule has 2 aromatic heterocycles. The van der Waals surface area contributed by atoms with Gasteiger partial charge in [-0.25, -0.2) is 0 Å². The van der Waals surface area contributed by atoms with E-state index in [-0.39, 0.29) is 5.92 Å². The van der Waals surface area contributed by atoms with E-state index in [1.54, 1.807) is 6.20 Å². The molecule has 1 atom stereocenters. The molecule has 4 heteroatoms. The Morgan fingerprint density at radius 3 is 2.83 bits per heavy atom. The second-order valence-electron chi connectivity index (χ2n) is 4.82. The van der Waals surface area contributed by atoms with Gasteiger partial charge in [0.15, 0.2) is 0 Å². The summed E-state index contributed by atoms with van der Waals surface area (Å²) in [6.07, 6.45) is 7.20. The van der Waals surface area contributed by atoms with Gasteiger partial charge in [0.05, 0.1) is 6.10 Å². The molecule has 0 aliphatic heterocycles. The third kappa shape index (κ3) is 3.21. The third-order valence-electron chi connectivity index (χ3n) is 2.87. The Kier molecular flexibility index (Phi) is 4.19. The fourth-order valence-electron chi connectivity index (χ4n) is 1.87. The summed E-state index contributed by atoms with van der Waals surface area (Å²) in [5, 5.41) is 9.99. The van der Waals surface area contributed by atoms with E-state index in [2.05, 4.69) is 25.5 Å². The highest BCUT2D eigenvalue weighted by molar-refractivity contribution is 9.10. The van der Waals surface area contributed by atoms with Crippen molar-refractivity contribution in [1.29, 1.82) is 0 Å². The number of aromatic nitrogens is 2. The van der Waals surface area contributed by atoms with Crippen LogP contribution in [0, 0.1) is 5.92 Å². The van der Waals surface area contributed by atoms with Crippen molar-refractivity contribution in [2.75, 3.05) is 0 Å². The SMILES string of the molecule is CC(C)C(O)c1ccn(Cc2cncc(Br)c2)c1. The van der Waals surface area contributed by atoms with E-state index in [4.69, 9.17) is 0 Å². The fourth-order valence-corrected chi connectivity index (χ4v) is 2.28. The number of aliphatic hydroxyl groups excluding tert-OH is 1. The van der Waals surface area contributed by atoms with Crippen molar-refractivity contribution in [2.24, 2.45) is 5.92 Å². The summed E-state index contributed by atoms with van der Waals surface area (Å²) in [4.78, 5) is 4.14. The molecule has 18 heavy (non-hydrogen) atoms. The molecule has 0 amide bonds. The van der Waals surface area contributed by atoms with Crippen LogP contribution in [0.3, 0.4) is 0 Å². The molecule has 0 saturated carbocycles. The van der Waals surface area contributed by atoms with Crippen LogP contribution < -0.4 is 0 Å². The Hall–Kier alpha value is -1.13. The minimum absolute atomic E-state index is 0.230. The standard InChI is InChI=1S/C14H17BrN2O/c1-10(2)14(18)12-3-4-17(9-12)8-11-5-13(15)7-16-6-11/h3-7,9-10,14,18H,8H2,1-2H3. The zero-order chi connectivity index (χ0) is 13.1. The summed E-state index contributed by atoms with van der Waals surface area (Å²) in [7, 11) is 0. The first kappa shape index (κ1) is 13.3. The Labute approximate surface area is 116 Å². The van der Waals surface area contributed by atoms with Gasteiger partial charge in [0.1, 0.15) is 0 Å². The van der Waals surface area contributed by atoms with Crippen LogP contribution in [0.15, 0.2) is 41.4 Å². The Bertz CT molecular complexity index is 522. The largest absolute Gasteiger partial charge is 0.388 e. The molecule has 1 N–H and O–H groups in total. The van der Waals surface area contributed by atoms with Crippen molar-refractivity contribution in [2.45, 2.75) is 26.5 Å². The van der Waals surface area contributed by atoms with E-state index in [0.29, 0.717) is 0 Å². The zero-order valence-corrected chi connectivity index (χ0v) is 12.1. The number of halogens is 1. The minimum atomic E-state index is -0.396. The normalized spacial score (nSPS) is 12.9. The third-order valence-corrected chi connectivity index (χ3v) is 3.31. The van der Waals surface area contributed by atoms with E-state index >= 15 is 0 Å². The molecule has 0 aliphatic carbocycles. The lowest BCUT2D eigenvalue weighted by Gasteiger charge is -2.12. The molecule has 0 aromatic carbocycles. The Balaban J connectivity index is 2.11. The zero-order valence-electron chi connectivity index (χ0n) is 10.5. The summed E-state index contributed by atoms with van der Waals surface area (Å²) in [5.41, 5.74) is 2.10. The van der Waals surface area contributed by atoms with Gasteiger partial charge in [0, 0.05) is 35.8 Å². The van der Waals surface area contributed by atoms with E-state index in [1.807, 2.05) is 44.6 Å². The van der Waals surface area contributed by atoms with Gasteiger partial charge in [-0.3, -0.25) is 4.98 Å². The van der Waals surface area contributed by atoms with Crippen LogP contribution >= 0.6 is 15.9 Å². The monoisotopic (exact) mass is 308 g/mol. The van der Waals surface area contributed by atoms with E-state index in [0.717, 1.165) is 22.1 Å². The first-order valence-corrected chi connectivity index (χ1v) is 6.78. The molecule has 0 saturated heterocycles. The lowest BCUT2D eigenvalue weighted by atomic mass is 10.0. The van der Waals surface area contributed by atoms with Crippen LogP contribution in [0.2, 0.25) is 0 Å². The van der Waals surface area contributed by atoms with Crippen LogP contribution in [0.4, 0.5) is 0 Å². The highest BCUT2D eigenvalue weighted by atomic mass is 79.9. The predicted octanol–water partition coefficient (Wildman–Crippen LogP) is 3.38. The minimum Gasteiger partial charge on any atom is -0.388 e. The van der Waals surface area contributed by atoms with Crippen molar-refractivity contribution in [3.8, 4) is 0 Å². The smallest absolute Gasteiger partial charge is 0.0827 e. The van der Waals surface area contributed by atoms with Crippen LogP contribution in [0.25, 0.3) is 0 Å². The van der Waals surface area contributed by atoms with Gasteiger partial charge < -0.3 is 9.67 Å². The van der Waals surface area contributed by atoms with Crippen LogP contribution in [-0.4, -0.2) is 14.7 Å². The summed E-state index contributed by atoms with van der Waals surface area (Å²) in [6, 6.07) is 4.02. The molecule has 1 unspecified atom stereocenters. The molecule has 0 radical (unpaired) electrons. The number of pyridine rings is 1.